The topological polar surface area (TPSA) is 21.3 Å². The highest BCUT2D eigenvalue weighted by Gasteiger charge is 2.43. The number of nitrogens with one attached hydrogen (secondary N) is 1. The Bertz CT molecular complexity index is 494. The Morgan fingerprint density at radius 2 is 2.14 bits per heavy atom. The summed E-state index contributed by atoms with van der Waals surface area (Å²) in [5, 5.41) is 3.65. The lowest BCUT2D eigenvalue weighted by Gasteiger charge is -2.32. The van der Waals surface area contributed by atoms with Crippen LogP contribution in [0.1, 0.15) is 50.7 Å². The summed E-state index contributed by atoms with van der Waals surface area (Å²) in [5.41, 5.74) is 3.14. The second-order valence-electron chi connectivity index (χ2n) is 7.36. The largest absolute Gasteiger partial charge is 0.490 e. The minimum Gasteiger partial charge on any atom is -0.490 e. The molecule has 1 heterocycles. The van der Waals surface area contributed by atoms with E-state index in [1.165, 1.54) is 36.8 Å². The number of ether oxygens (including phenoxy) is 1. The minimum atomic E-state index is 0.371. The normalized spacial score (nSPS) is 23.5. The molecular formula is C19H29NO. The van der Waals surface area contributed by atoms with Gasteiger partial charge in [0.05, 0.1) is 0 Å². The number of aryl methyl sites for hydroxylation is 1. The lowest BCUT2D eigenvalue weighted by Crippen LogP contribution is -2.38. The molecule has 1 aliphatic heterocycles. The average Bonchev–Trinajstić information content (AvgIpc) is 3.22. The van der Waals surface area contributed by atoms with Gasteiger partial charge in [0.25, 0.3) is 0 Å². The third-order valence-electron chi connectivity index (χ3n) is 5.17. The van der Waals surface area contributed by atoms with E-state index in [0.29, 0.717) is 11.5 Å². The highest BCUT2D eigenvalue weighted by Crippen LogP contribution is 2.49. The van der Waals surface area contributed by atoms with Crippen LogP contribution in [0.2, 0.25) is 0 Å². The van der Waals surface area contributed by atoms with Crippen molar-refractivity contribution in [3.05, 3.63) is 29.3 Å². The van der Waals surface area contributed by atoms with Gasteiger partial charge in [0, 0.05) is 13.0 Å². The second kappa shape index (κ2) is 6.00. The maximum absolute atomic E-state index is 6.21. The molecule has 1 aliphatic carbocycles. The molecule has 1 N–H and O–H groups in total. The van der Waals surface area contributed by atoms with Crippen molar-refractivity contribution in [3.8, 4) is 5.75 Å². The van der Waals surface area contributed by atoms with Crippen molar-refractivity contribution in [3.63, 3.8) is 0 Å². The van der Waals surface area contributed by atoms with E-state index in [-0.39, 0.29) is 0 Å². The molecule has 2 nitrogen and oxygen atoms in total. The molecule has 1 fully saturated rings. The molecule has 116 valence electrons. The summed E-state index contributed by atoms with van der Waals surface area (Å²) in [6.45, 7) is 9.13. The molecule has 2 heteroatoms. The molecule has 21 heavy (non-hydrogen) atoms. The Kier molecular flexibility index (Phi) is 4.26. The summed E-state index contributed by atoms with van der Waals surface area (Å²) < 4.78 is 6.21. The van der Waals surface area contributed by atoms with E-state index >= 15 is 0 Å². The summed E-state index contributed by atoms with van der Waals surface area (Å²) in [6, 6.07) is 6.59. The lowest BCUT2D eigenvalue weighted by molar-refractivity contribution is 0.126. The third kappa shape index (κ3) is 3.42. The molecule has 0 aromatic heterocycles. The standard InChI is InChI=1S/C19H29NO/c1-4-9-20-13-19(3,16-6-7-16)12-17-11-15-10-14(2)5-8-18(15)21-17/h5,8,10,16-17,20H,4,6-7,9,11-13H2,1-3H3. The quantitative estimate of drug-likeness (QED) is 0.762. The number of hydrogen-bond donors (Lipinski definition) is 1. The van der Waals surface area contributed by atoms with Gasteiger partial charge < -0.3 is 10.1 Å². The molecule has 1 aromatic carbocycles. The molecule has 3 rings (SSSR count). The predicted molar refractivity (Wildman–Crippen MR) is 87.9 cm³/mol. The smallest absolute Gasteiger partial charge is 0.123 e. The molecule has 0 saturated heterocycles. The van der Waals surface area contributed by atoms with Crippen LogP contribution in [0.15, 0.2) is 18.2 Å². The fraction of sp³-hybridized carbons (Fsp3) is 0.684. The van der Waals surface area contributed by atoms with Crippen LogP contribution in [0, 0.1) is 18.3 Å². The van der Waals surface area contributed by atoms with E-state index in [1.54, 1.807) is 0 Å². The van der Waals surface area contributed by atoms with Crippen LogP contribution in [-0.2, 0) is 6.42 Å². The van der Waals surface area contributed by atoms with Crippen molar-refractivity contribution < 1.29 is 4.74 Å². The molecular weight excluding hydrogens is 258 g/mol. The first-order valence-electron chi connectivity index (χ1n) is 8.57. The van der Waals surface area contributed by atoms with Gasteiger partial charge in [0.2, 0.25) is 0 Å². The predicted octanol–water partition coefficient (Wildman–Crippen LogP) is 4.10. The van der Waals surface area contributed by atoms with E-state index < -0.39 is 0 Å². The fourth-order valence-electron chi connectivity index (χ4n) is 3.80. The summed E-state index contributed by atoms with van der Waals surface area (Å²) in [6.07, 6.45) is 6.67. The van der Waals surface area contributed by atoms with Crippen LogP contribution in [0.25, 0.3) is 0 Å². The van der Waals surface area contributed by atoms with Crippen molar-refractivity contribution in [2.45, 2.75) is 59.0 Å². The first kappa shape index (κ1) is 14.9. The van der Waals surface area contributed by atoms with Gasteiger partial charge in [-0.2, -0.15) is 0 Å². The third-order valence-corrected chi connectivity index (χ3v) is 5.17. The van der Waals surface area contributed by atoms with Crippen LogP contribution in [-0.4, -0.2) is 19.2 Å². The van der Waals surface area contributed by atoms with Gasteiger partial charge >= 0.3 is 0 Å². The van der Waals surface area contributed by atoms with Crippen molar-refractivity contribution >= 4 is 0 Å². The number of benzene rings is 1. The first-order chi connectivity index (χ1) is 10.1. The van der Waals surface area contributed by atoms with Gasteiger partial charge in [-0.1, -0.05) is 31.5 Å². The molecule has 1 aromatic rings. The van der Waals surface area contributed by atoms with Crippen LogP contribution in [0.3, 0.4) is 0 Å². The van der Waals surface area contributed by atoms with Crippen LogP contribution in [0.4, 0.5) is 0 Å². The monoisotopic (exact) mass is 287 g/mol. The van der Waals surface area contributed by atoms with Gasteiger partial charge in [-0.15, -0.1) is 0 Å². The SMILES string of the molecule is CCCNCC(C)(CC1Cc2cc(C)ccc2O1)C1CC1. The number of rotatable bonds is 7. The Morgan fingerprint density at radius 3 is 2.86 bits per heavy atom. The molecule has 0 radical (unpaired) electrons. The highest BCUT2D eigenvalue weighted by atomic mass is 16.5. The minimum absolute atomic E-state index is 0.371. The van der Waals surface area contributed by atoms with E-state index in [1.807, 2.05) is 0 Å². The second-order valence-corrected chi connectivity index (χ2v) is 7.36. The van der Waals surface area contributed by atoms with Crippen LogP contribution < -0.4 is 10.1 Å². The maximum Gasteiger partial charge on any atom is 0.123 e. The molecule has 2 aliphatic rings. The maximum atomic E-state index is 6.21. The van der Waals surface area contributed by atoms with Crippen LogP contribution in [0.5, 0.6) is 5.75 Å². The van der Waals surface area contributed by atoms with Crippen molar-refractivity contribution in [2.75, 3.05) is 13.1 Å². The van der Waals surface area contributed by atoms with Gasteiger partial charge in [-0.05, 0) is 62.1 Å². The van der Waals surface area contributed by atoms with Crippen molar-refractivity contribution in [2.24, 2.45) is 11.3 Å². The van der Waals surface area contributed by atoms with Gasteiger partial charge in [-0.3, -0.25) is 0 Å². The molecule has 0 spiro atoms. The number of hydrogen-bond acceptors (Lipinski definition) is 2. The fourth-order valence-corrected chi connectivity index (χ4v) is 3.80. The summed E-state index contributed by atoms with van der Waals surface area (Å²) in [4.78, 5) is 0. The zero-order valence-electron chi connectivity index (χ0n) is 13.7. The Labute approximate surface area is 129 Å². The highest BCUT2D eigenvalue weighted by molar-refractivity contribution is 5.40. The molecule has 1 saturated carbocycles. The summed E-state index contributed by atoms with van der Waals surface area (Å²) >= 11 is 0. The first-order valence-corrected chi connectivity index (χ1v) is 8.57. The Balaban J connectivity index is 1.62. The van der Waals surface area contributed by atoms with E-state index in [4.69, 9.17) is 4.74 Å². The van der Waals surface area contributed by atoms with E-state index in [2.05, 4.69) is 44.3 Å². The molecule has 0 amide bonds. The zero-order chi connectivity index (χ0) is 14.9. The van der Waals surface area contributed by atoms with Gasteiger partial charge in [0.15, 0.2) is 0 Å². The van der Waals surface area contributed by atoms with E-state index in [9.17, 15) is 0 Å². The molecule has 2 atom stereocenters. The molecule has 2 unspecified atom stereocenters. The van der Waals surface area contributed by atoms with E-state index in [0.717, 1.165) is 31.2 Å². The van der Waals surface area contributed by atoms with Gasteiger partial charge in [0.1, 0.15) is 11.9 Å². The summed E-state index contributed by atoms with van der Waals surface area (Å²) in [7, 11) is 0. The van der Waals surface area contributed by atoms with Crippen LogP contribution >= 0.6 is 0 Å². The van der Waals surface area contributed by atoms with Crippen molar-refractivity contribution in [1.82, 2.24) is 5.32 Å². The zero-order valence-corrected chi connectivity index (χ0v) is 13.7. The number of fused-ring (bicyclic) bond motifs is 1. The Morgan fingerprint density at radius 1 is 1.33 bits per heavy atom. The molecule has 0 bridgehead atoms. The van der Waals surface area contributed by atoms with Crippen molar-refractivity contribution in [1.29, 1.82) is 0 Å². The van der Waals surface area contributed by atoms with Gasteiger partial charge in [-0.25, -0.2) is 0 Å². The summed E-state index contributed by atoms with van der Waals surface area (Å²) in [5.74, 6) is 2.01. The Hall–Kier alpha value is -1.02. The average molecular weight is 287 g/mol. The lowest BCUT2D eigenvalue weighted by atomic mass is 9.78.